The predicted molar refractivity (Wildman–Crippen MR) is 201 cm³/mol. The number of halogens is 2. The van der Waals surface area contributed by atoms with Gasteiger partial charge in [0.1, 0.15) is 29.3 Å². The molecule has 0 saturated heterocycles. The molecule has 1 aliphatic rings. The fraction of sp³-hybridized carbons (Fsp3) is 0.514. The van der Waals surface area contributed by atoms with Crippen LogP contribution in [0.4, 0.5) is 19.3 Å². The number of benzene rings is 1. The van der Waals surface area contributed by atoms with Crippen molar-refractivity contribution >= 4 is 41.1 Å². The average Bonchev–Trinajstić information content (AvgIpc) is 3.39. The van der Waals surface area contributed by atoms with Gasteiger partial charge in [0.2, 0.25) is 10.0 Å². The van der Waals surface area contributed by atoms with Crippen molar-refractivity contribution in [3.8, 4) is 0 Å². The highest BCUT2D eigenvalue weighted by Gasteiger charge is 2.46. The molecular formula is C37H53F2N5O5SSi. The number of nitrogens with one attached hydrogen (secondary N) is 2. The fourth-order valence-electron chi connectivity index (χ4n) is 7.60. The zero-order valence-electron chi connectivity index (χ0n) is 31.3. The second-order valence-corrected chi connectivity index (χ2v) is 22.7. The van der Waals surface area contributed by atoms with E-state index in [1.165, 1.54) is 4.90 Å². The lowest BCUT2D eigenvalue weighted by molar-refractivity contribution is 0.0468. The summed E-state index contributed by atoms with van der Waals surface area (Å²) in [6, 6.07) is 5.80. The highest BCUT2D eigenvalue weighted by atomic mass is 32.2. The van der Waals surface area contributed by atoms with Gasteiger partial charge in [0, 0.05) is 40.7 Å². The highest BCUT2D eigenvalue weighted by Crippen LogP contribution is 2.45. The fourth-order valence-corrected chi connectivity index (χ4v) is 15.3. The monoisotopic (exact) mass is 745 g/mol. The lowest BCUT2D eigenvalue weighted by Gasteiger charge is -2.44. The predicted octanol–water partition coefficient (Wildman–Crippen LogP) is 8.33. The maximum absolute atomic E-state index is 15.9. The number of carbonyl (C=O) groups excluding carboxylic acids is 1. The normalized spacial score (nSPS) is 16.3. The number of carbonyl (C=O) groups is 1. The molecule has 0 saturated carbocycles. The Morgan fingerprint density at radius 1 is 1.08 bits per heavy atom. The Balaban J connectivity index is 1.82. The third-order valence-electron chi connectivity index (χ3n) is 9.47. The van der Waals surface area contributed by atoms with Crippen LogP contribution in [0.1, 0.15) is 92.9 Å². The van der Waals surface area contributed by atoms with Crippen LogP contribution in [0.15, 0.2) is 60.6 Å². The number of aromatic nitrogens is 2. The Bertz CT molecular complexity index is 1880. The van der Waals surface area contributed by atoms with Gasteiger partial charge in [-0.2, -0.15) is 0 Å². The number of alkyl carbamates (subject to hydrolysis) is 1. The first-order valence-corrected chi connectivity index (χ1v) is 21.3. The van der Waals surface area contributed by atoms with E-state index >= 15 is 8.78 Å². The number of amides is 1. The van der Waals surface area contributed by atoms with E-state index in [0.29, 0.717) is 34.2 Å². The molecule has 4 rings (SSSR count). The summed E-state index contributed by atoms with van der Waals surface area (Å²) in [5.41, 5.74) is 1.29. The number of pyridine rings is 1. The van der Waals surface area contributed by atoms with Crippen LogP contribution in [0.25, 0.3) is 11.0 Å². The van der Waals surface area contributed by atoms with Gasteiger partial charge in [0.15, 0.2) is 14.1 Å². The van der Waals surface area contributed by atoms with Gasteiger partial charge >= 0.3 is 6.09 Å². The minimum Gasteiger partial charge on any atom is -0.444 e. The van der Waals surface area contributed by atoms with Crippen molar-refractivity contribution in [3.05, 3.63) is 83.3 Å². The van der Waals surface area contributed by atoms with Crippen molar-refractivity contribution in [2.24, 2.45) is 0 Å². The number of hydrogen-bond acceptors (Lipinski definition) is 7. The number of hydrogen-bond donors (Lipinski definition) is 3. The molecule has 10 nitrogen and oxygen atoms in total. The first-order valence-electron chi connectivity index (χ1n) is 17.5. The number of fused-ring (bicyclic) bond motifs is 1. The lowest BCUT2D eigenvalue weighted by atomic mass is 9.99. The third-order valence-corrected chi connectivity index (χ3v) is 17.7. The second-order valence-electron chi connectivity index (χ2n) is 15.1. The van der Waals surface area contributed by atoms with Crippen LogP contribution in [0, 0.1) is 11.6 Å². The van der Waals surface area contributed by atoms with Gasteiger partial charge in [-0.25, -0.2) is 27.0 Å². The van der Waals surface area contributed by atoms with Gasteiger partial charge < -0.3 is 19.0 Å². The van der Waals surface area contributed by atoms with Gasteiger partial charge in [0.25, 0.3) is 0 Å². The van der Waals surface area contributed by atoms with Crippen LogP contribution < -0.4 is 10.0 Å². The third kappa shape index (κ3) is 8.49. The number of nitrogens with zero attached hydrogens (tertiary/aromatic N) is 3. The molecule has 1 aliphatic heterocycles. The van der Waals surface area contributed by atoms with Crippen LogP contribution in [0.2, 0.25) is 16.6 Å². The van der Waals surface area contributed by atoms with E-state index in [-0.39, 0.29) is 11.4 Å². The molecule has 3 N–H and O–H groups in total. The van der Waals surface area contributed by atoms with Crippen molar-refractivity contribution < 1.29 is 31.8 Å². The standard InChI is InChI=1S/C37H53F2N5O5SSi/c1-11-19-50(47,48)42-31-16-15-30(38)29(33(31)39)21-43-20-26(14-17-32(43)41-36(46)49-37(8,9)10)34(45)28-22-44(35-27(28)13-12-18-40-35)51(23(2)3,24(4)5)25(6)7/h12-18,20,22-25,32,34,42,45H,11,19,21H2,1-10H3,(H,41,46). The van der Waals surface area contributed by atoms with Gasteiger partial charge in [-0.1, -0.05) is 54.5 Å². The number of anilines is 1. The highest BCUT2D eigenvalue weighted by molar-refractivity contribution is 7.92. The van der Waals surface area contributed by atoms with Crippen molar-refractivity contribution in [1.82, 2.24) is 19.4 Å². The quantitative estimate of drug-likeness (QED) is 0.150. The summed E-state index contributed by atoms with van der Waals surface area (Å²) < 4.78 is 66.1. The van der Waals surface area contributed by atoms with E-state index in [1.54, 1.807) is 52.2 Å². The van der Waals surface area contributed by atoms with Gasteiger partial charge in [0.05, 0.1) is 18.0 Å². The van der Waals surface area contributed by atoms with E-state index in [9.17, 15) is 18.3 Å². The smallest absolute Gasteiger partial charge is 0.409 e. The summed E-state index contributed by atoms with van der Waals surface area (Å²) in [4.78, 5) is 19.2. The molecule has 1 aromatic carbocycles. The number of sulfonamides is 1. The van der Waals surface area contributed by atoms with E-state index in [2.05, 4.69) is 55.8 Å². The molecule has 0 bridgehead atoms. The van der Waals surface area contributed by atoms with Crippen molar-refractivity contribution in [2.45, 2.75) is 117 Å². The zero-order chi connectivity index (χ0) is 38.1. The Kier molecular flexibility index (Phi) is 12.1. The van der Waals surface area contributed by atoms with Crippen molar-refractivity contribution in [3.63, 3.8) is 0 Å². The molecule has 0 spiro atoms. The van der Waals surface area contributed by atoms with Crippen LogP contribution >= 0.6 is 0 Å². The summed E-state index contributed by atoms with van der Waals surface area (Å²) in [6.45, 7) is 19.9. The topological polar surface area (TPSA) is 126 Å². The second kappa shape index (κ2) is 15.5. The average molecular weight is 746 g/mol. The summed E-state index contributed by atoms with van der Waals surface area (Å²) in [6.07, 6.45) is 6.06. The van der Waals surface area contributed by atoms with Crippen LogP contribution in [-0.2, 0) is 21.3 Å². The summed E-state index contributed by atoms with van der Waals surface area (Å²) in [5, 5.41) is 15.6. The molecule has 0 radical (unpaired) electrons. The number of aliphatic hydroxyl groups is 1. The molecule has 3 aromatic rings. The summed E-state index contributed by atoms with van der Waals surface area (Å²) in [7, 11) is -6.16. The molecule has 51 heavy (non-hydrogen) atoms. The molecule has 2 unspecified atom stereocenters. The van der Waals surface area contributed by atoms with Crippen molar-refractivity contribution in [2.75, 3.05) is 10.5 Å². The minimum absolute atomic E-state index is 0.233. The van der Waals surface area contributed by atoms with E-state index < -0.39 is 66.0 Å². The molecule has 2 aromatic heterocycles. The Morgan fingerprint density at radius 3 is 2.31 bits per heavy atom. The molecule has 280 valence electrons. The molecule has 1 amide bonds. The Labute approximate surface area is 302 Å². The number of aliphatic hydroxyl groups excluding tert-OH is 1. The van der Waals surface area contributed by atoms with Crippen LogP contribution in [-0.4, -0.2) is 59.5 Å². The summed E-state index contributed by atoms with van der Waals surface area (Å²) in [5.74, 6) is -2.22. The van der Waals surface area contributed by atoms with Crippen LogP contribution in [0.5, 0.6) is 0 Å². The Morgan fingerprint density at radius 2 is 1.73 bits per heavy atom. The molecule has 2 atom stereocenters. The lowest BCUT2D eigenvalue weighted by Crippen LogP contribution is -2.51. The van der Waals surface area contributed by atoms with E-state index in [0.717, 1.165) is 23.2 Å². The number of rotatable bonds is 13. The van der Waals surface area contributed by atoms with E-state index in [4.69, 9.17) is 9.72 Å². The first kappa shape index (κ1) is 40.0. The van der Waals surface area contributed by atoms with Gasteiger partial charge in [-0.3, -0.25) is 10.0 Å². The summed E-state index contributed by atoms with van der Waals surface area (Å²) >= 11 is 0. The molecule has 0 fully saturated rings. The number of ether oxygens (including phenoxy) is 1. The molecule has 14 heteroatoms. The SMILES string of the molecule is CCCS(=O)(=O)Nc1ccc(F)c(CN2C=C(C(O)c3cn([Si](C(C)C)(C(C)C)C(C)C)c4ncccc34)C=CC2NC(=O)OC(C)(C)C)c1F. The Hall–Kier alpha value is -3.75. The molecule has 3 heterocycles. The largest absolute Gasteiger partial charge is 0.444 e. The maximum atomic E-state index is 15.9. The zero-order valence-corrected chi connectivity index (χ0v) is 33.1. The van der Waals surface area contributed by atoms with Gasteiger partial charge in [-0.05, 0) is 74.2 Å². The minimum atomic E-state index is -3.87. The first-order chi connectivity index (χ1) is 23.7. The maximum Gasteiger partial charge on any atom is 0.409 e. The molecular weight excluding hydrogens is 693 g/mol. The van der Waals surface area contributed by atoms with Crippen LogP contribution in [0.3, 0.4) is 0 Å². The van der Waals surface area contributed by atoms with Gasteiger partial charge in [-0.15, -0.1) is 0 Å². The van der Waals surface area contributed by atoms with Crippen molar-refractivity contribution in [1.29, 1.82) is 0 Å². The van der Waals surface area contributed by atoms with E-state index in [1.807, 2.05) is 18.3 Å². The molecule has 0 aliphatic carbocycles.